The smallest absolute Gasteiger partial charge is 0.124 e. The summed E-state index contributed by atoms with van der Waals surface area (Å²) in [6, 6.07) is 0. The van der Waals surface area contributed by atoms with E-state index in [1.807, 2.05) is 26.0 Å². The van der Waals surface area contributed by atoms with Crippen molar-refractivity contribution in [2.24, 2.45) is 4.99 Å². The molecule has 2 heteroatoms. The predicted octanol–water partition coefficient (Wildman–Crippen LogP) is 1.97. The van der Waals surface area contributed by atoms with Gasteiger partial charge in [-0.1, -0.05) is 18.2 Å². The molecule has 0 aromatic rings. The summed E-state index contributed by atoms with van der Waals surface area (Å²) in [7, 11) is 0. The first kappa shape index (κ1) is 10.6. The molecule has 0 saturated carbocycles. The third-order valence-electron chi connectivity index (χ3n) is 1.21. The van der Waals surface area contributed by atoms with Crippen molar-refractivity contribution in [1.29, 1.82) is 0 Å². The van der Waals surface area contributed by atoms with Crippen molar-refractivity contribution in [3.05, 3.63) is 29.9 Å². The molecule has 0 aliphatic carbocycles. The molecule has 0 atom stereocenters. The first-order chi connectivity index (χ1) is 5.85. The predicted molar refractivity (Wildman–Crippen MR) is 52.2 cm³/mol. The highest BCUT2D eigenvalue weighted by Crippen LogP contribution is 1.92. The van der Waals surface area contributed by atoms with E-state index in [-0.39, 0.29) is 0 Å². The number of hydrogen-bond acceptors (Lipinski definition) is 2. The Morgan fingerprint density at radius 1 is 1.58 bits per heavy atom. The Labute approximate surface area is 73.0 Å². The highest BCUT2D eigenvalue weighted by atomic mass is 16.1. The molecule has 0 spiro atoms. The van der Waals surface area contributed by atoms with Crippen LogP contribution in [0.25, 0.3) is 0 Å². The van der Waals surface area contributed by atoms with E-state index in [9.17, 15) is 4.79 Å². The Morgan fingerprint density at radius 3 is 2.83 bits per heavy atom. The van der Waals surface area contributed by atoms with Crippen molar-refractivity contribution < 1.29 is 4.79 Å². The quantitative estimate of drug-likeness (QED) is 0.354. The fourth-order valence-corrected chi connectivity index (χ4v) is 0.609. The second-order valence-corrected chi connectivity index (χ2v) is 2.06. The van der Waals surface area contributed by atoms with Gasteiger partial charge in [0, 0.05) is 18.8 Å². The van der Waals surface area contributed by atoms with Crippen molar-refractivity contribution in [3.8, 4) is 0 Å². The molecule has 2 nitrogen and oxygen atoms in total. The van der Waals surface area contributed by atoms with E-state index in [1.54, 1.807) is 18.2 Å². The second-order valence-electron chi connectivity index (χ2n) is 2.06. The maximum atomic E-state index is 9.80. The summed E-state index contributed by atoms with van der Waals surface area (Å²) in [6.07, 6.45) is 8.47. The summed E-state index contributed by atoms with van der Waals surface area (Å²) < 4.78 is 0. The summed E-state index contributed by atoms with van der Waals surface area (Å²) in [5, 5.41) is 0. The molecule has 12 heavy (non-hydrogen) atoms. The summed E-state index contributed by atoms with van der Waals surface area (Å²) >= 11 is 0. The van der Waals surface area contributed by atoms with Crippen LogP contribution >= 0.6 is 0 Å². The Kier molecular flexibility index (Phi) is 6.81. The average Bonchev–Trinajstić information content (AvgIpc) is 2.11. The minimum absolute atomic E-state index is 0.773. The molecular formula is C10H13NO. The molecule has 0 N–H and O–H groups in total. The molecule has 0 aromatic carbocycles. The van der Waals surface area contributed by atoms with Crippen LogP contribution in [0.5, 0.6) is 0 Å². The molecular weight excluding hydrogens is 150 g/mol. The summed E-state index contributed by atoms with van der Waals surface area (Å²) in [5.74, 6) is 1.67. The average molecular weight is 163 g/mol. The lowest BCUT2D eigenvalue weighted by Crippen LogP contribution is -1.79. The Balaban J connectivity index is 4.19. The van der Waals surface area contributed by atoms with E-state index < -0.39 is 0 Å². The fourth-order valence-electron chi connectivity index (χ4n) is 0.609. The van der Waals surface area contributed by atoms with Crippen molar-refractivity contribution in [2.75, 3.05) is 6.54 Å². The van der Waals surface area contributed by atoms with Gasteiger partial charge in [0.25, 0.3) is 0 Å². The van der Waals surface area contributed by atoms with Crippen LogP contribution in [-0.4, -0.2) is 18.7 Å². The summed E-state index contributed by atoms with van der Waals surface area (Å²) in [6.45, 7) is 4.67. The van der Waals surface area contributed by atoms with Crippen LogP contribution in [0.15, 0.2) is 34.9 Å². The number of aliphatic imine (C=N–C) groups is 1. The Bertz CT molecular complexity index is 243. The zero-order valence-corrected chi connectivity index (χ0v) is 7.45. The number of nitrogens with zero attached hydrogens (tertiary/aromatic N) is 1. The van der Waals surface area contributed by atoms with Crippen LogP contribution in [-0.2, 0) is 4.79 Å². The molecule has 0 aromatic heterocycles. The molecule has 0 aliphatic rings. The lowest BCUT2D eigenvalue weighted by molar-refractivity contribution is 0.569. The van der Waals surface area contributed by atoms with Crippen LogP contribution < -0.4 is 0 Å². The van der Waals surface area contributed by atoms with Gasteiger partial charge in [-0.05, 0) is 19.4 Å². The summed E-state index contributed by atoms with van der Waals surface area (Å²) in [5.41, 5.74) is 0.989. The molecule has 0 fully saturated rings. The van der Waals surface area contributed by atoms with Gasteiger partial charge in [-0.2, -0.15) is 0 Å². The molecule has 0 rings (SSSR count). The van der Waals surface area contributed by atoms with Crippen molar-refractivity contribution >= 4 is 12.2 Å². The van der Waals surface area contributed by atoms with Gasteiger partial charge in [0.2, 0.25) is 0 Å². The number of hydrogen-bond donors (Lipinski definition) is 0. The standard InChI is InChI=1S/C10H13NO/c1-3-10(9-11-4-2)7-5-6-8-12/h3,5-7,9H,4H2,1-2H3/b7-5-,10-3-,11-9?. The topological polar surface area (TPSA) is 29.4 Å². The number of carbonyl (C=O) groups excluding carboxylic acids is 1. The molecule has 0 aliphatic heterocycles. The van der Waals surface area contributed by atoms with Gasteiger partial charge in [0.15, 0.2) is 0 Å². The van der Waals surface area contributed by atoms with E-state index in [0.717, 1.165) is 12.1 Å². The van der Waals surface area contributed by atoms with Crippen molar-refractivity contribution in [3.63, 3.8) is 0 Å². The van der Waals surface area contributed by atoms with Gasteiger partial charge in [-0.3, -0.25) is 4.99 Å². The normalized spacial score (nSPS) is 12.3. The molecule has 0 bridgehead atoms. The Morgan fingerprint density at radius 2 is 2.33 bits per heavy atom. The molecule has 64 valence electrons. The van der Waals surface area contributed by atoms with E-state index in [0.29, 0.717) is 0 Å². The molecule has 0 amide bonds. The van der Waals surface area contributed by atoms with Gasteiger partial charge in [0.1, 0.15) is 5.94 Å². The van der Waals surface area contributed by atoms with Gasteiger partial charge >= 0.3 is 0 Å². The van der Waals surface area contributed by atoms with Gasteiger partial charge in [0.05, 0.1) is 0 Å². The minimum Gasteiger partial charge on any atom is -0.293 e. The van der Waals surface area contributed by atoms with Crippen molar-refractivity contribution in [1.82, 2.24) is 0 Å². The van der Waals surface area contributed by atoms with E-state index in [4.69, 9.17) is 0 Å². The van der Waals surface area contributed by atoms with Crippen LogP contribution in [0.1, 0.15) is 13.8 Å². The molecule has 0 saturated heterocycles. The van der Waals surface area contributed by atoms with E-state index in [2.05, 4.69) is 4.99 Å². The van der Waals surface area contributed by atoms with E-state index >= 15 is 0 Å². The SMILES string of the molecule is C/C=C(C=NCC)/C=C\C=C=O. The van der Waals surface area contributed by atoms with Crippen LogP contribution in [0.3, 0.4) is 0 Å². The van der Waals surface area contributed by atoms with Gasteiger partial charge in [-0.15, -0.1) is 0 Å². The largest absolute Gasteiger partial charge is 0.293 e. The third-order valence-corrected chi connectivity index (χ3v) is 1.21. The Hall–Kier alpha value is -1.40. The first-order valence-electron chi connectivity index (χ1n) is 3.88. The maximum absolute atomic E-state index is 9.80. The van der Waals surface area contributed by atoms with Gasteiger partial charge in [-0.25, -0.2) is 4.79 Å². The van der Waals surface area contributed by atoms with Crippen LogP contribution in [0.4, 0.5) is 0 Å². The number of allylic oxidation sites excluding steroid dienone is 5. The summed E-state index contributed by atoms with van der Waals surface area (Å²) in [4.78, 5) is 13.9. The number of rotatable bonds is 4. The third kappa shape index (κ3) is 5.39. The monoisotopic (exact) mass is 163 g/mol. The molecule has 0 heterocycles. The molecule has 0 radical (unpaired) electrons. The minimum atomic E-state index is 0.773. The highest BCUT2D eigenvalue weighted by molar-refractivity contribution is 5.82. The van der Waals surface area contributed by atoms with Crippen LogP contribution in [0.2, 0.25) is 0 Å². The van der Waals surface area contributed by atoms with E-state index in [1.165, 1.54) is 6.08 Å². The zero-order chi connectivity index (χ0) is 9.23. The highest BCUT2D eigenvalue weighted by Gasteiger charge is 1.80. The lowest BCUT2D eigenvalue weighted by atomic mass is 10.2. The maximum Gasteiger partial charge on any atom is 0.124 e. The van der Waals surface area contributed by atoms with Gasteiger partial charge < -0.3 is 0 Å². The fraction of sp³-hybridized carbons (Fsp3) is 0.300. The lowest BCUT2D eigenvalue weighted by Gasteiger charge is -1.88. The van der Waals surface area contributed by atoms with Crippen molar-refractivity contribution in [2.45, 2.75) is 13.8 Å². The first-order valence-corrected chi connectivity index (χ1v) is 3.88. The molecule has 0 unspecified atom stereocenters. The second kappa shape index (κ2) is 7.70. The zero-order valence-electron chi connectivity index (χ0n) is 7.45. The van der Waals surface area contributed by atoms with Crippen LogP contribution in [0, 0.1) is 0 Å².